The van der Waals surface area contributed by atoms with Gasteiger partial charge in [-0.2, -0.15) is 0 Å². The number of carbonyl (C=O) groups excluding carboxylic acids is 2. The summed E-state index contributed by atoms with van der Waals surface area (Å²) in [5.41, 5.74) is 0.491. The standard InChI is InChI=1S/C15H21NO3/c1-14(2,3)19-13(18)16-12-8-6-11(7-9-12)15(4,5)10-17/h6-10H,1-5H3,(H,16,18). The summed E-state index contributed by atoms with van der Waals surface area (Å²) in [7, 11) is 0. The van der Waals surface area contributed by atoms with E-state index in [0.717, 1.165) is 11.8 Å². The Hall–Kier alpha value is -1.84. The molecule has 0 saturated heterocycles. The summed E-state index contributed by atoms with van der Waals surface area (Å²) in [6, 6.07) is 7.15. The zero-order valence-electron chi connectivity index (χ0n) is 12.1. The van der Waals surface area contributed by atoms with E-state index in [1.54, 1.807) is 12.1 Å². The smallest absolute Gasteiger partial charge is 0.412 e. The molecule has 1 N–H and O–H groups in total. The Kier molecular flexibility index (Phi) is 4.35. The van der Waals surface area contributed by atoms with E-state index in [1.165, 1.54) is 0 Å². The van der Waals surface area contributed by atoms with Gasteiger partial charge >= 0.3 is 6.09 Å². The predicted octanol–water partition coefficient (Wildman–Crippen LogP) is 3.51. The lowest BCUT2D eigenvalue weighted by molar-refractivity contribution is -0.111. The van der Waals surface area contributed by atoms with E-state index in [9.17, 15) is 9.59 Å². The SMILES string of the molecule is CC(C)(C)OC(=O)Nc1ccc(C(C)(C)C=O)cc1. The van der Waals surface area contributed by atoms with Crippen molar-refractivity contribution in [1.82, 2.24) is 0 Å². The van der Waals surface area contributed by atoms with E-state index in [2.05, 4.69) is 5.32 Å². The Bertz CT molecular complexity index is 455. The first-order chi connectivity index (χ1) is 8.64. The summed E-state index contributed by atoms with van der Waals surface area (Å²) >= 11 is 0. The van der Waals surface area contributed by atoms with Crippen LogP contribution in [0.1, 0.15) is 40.2 Å². The monoisotopic (exact) mass is 263 g/mol. The van der Waals surface area contributed by atoms with Gasteiger partial charge in [0.2, 0.25) is 0 Å². The third kappa shape index (κ3) is 4.73. The molecule has 0 aliphatic heterocycles. The predicted molar refractivity (Wildman–Crippen MR) is 75.4 cm³/mol. The van der Waals surface area contributed by atoms with Crippen molar-refractivity contribution in [2.75, 3.05) is 5.32 Å². The molecule has 0 bridgehead atoms. The number of nitrogens with one attached hydrogen (secondary N) is 1. The van der Waals surface area contributed by atoms with Crippen LogP contribution >= 0.6 is 0 Å². The Balaban J connectivity index is 2.73. The molecule has 0 heterocycles. The molecule has 104 valence electrons. The highest BCUT2D eigenvalue weighted by Gasteiger charge is 2.20. The summed E-state index contributed by atoms with van der Waals surface area (Å²) in [5.74, 6) is 0. The molecule has 0 atom stereocenters. The summed E-state index contributed by atoms with van der Waals surface area (Å²) in [4.78, 5) is 22.5. The second-order valence-electron chi connectivity index (χ2n) is 6.04. The van der Waals surface area contributed by atoms with Gasteiger partial charge in [0.15, 0.2) is 0 Å². The molecule has 0 radical (unpaired) electrons. The topological polar surface area (TPSA) is 55.4 Å². The van der Waals surface area contributed by atoms with Crippen molar-refractivity contribution < 1.29 is 14.3 Å². The molecular formula is C15H21NO3. The fraction of sp³-hybridized carbons (Fsp3) is 0.467. The van der Waals surface area contributed by atoms with Gasteiger partial charge < -0.3 is 9.53 Å². The van der Waals surface area contributed by atoms with Gasteiger partial charge in [-0.3, -0.25) is 5.32 Å². The maximum atomic E-state index is 11.6. The molecule has 0 fully saturated rings. The molecule has 0 aliphatic rings. The molecule has 1 aromatic rings. The number of hydrogen-bond donors (Lipinski definition) is 1. The van der Waals surface area contributed by atoms with Gasteiger partial charge in [0.1, 0.15) is 11.9 Å². The number of aldehydes is 1. The molecule has 1 rings (SSSR count). The lowest BCUT2D eigenvalue weighted by Gasteiger charge is -2.20. The van der Waals surface area contributed by atoms with E-state index in [-0.39, 0.29) is 0 Å². The molecule has 0 spiro atoms. The van der Waals surface area contributed by atoms with E-state index in [4.69, 9.17) is 4.74 Å². The number of amides is 1. The zero-order valence-corrected chi connectivity index (χ0v) is 12.1. The first-order valence-electron chi connectivity index (χ1n) is 6.21. The molecule has 0 unspecified atom stereocenters. The number of hydrogen-bond acceptors (Lipinski definition) is 3. The first kappa shape index (κ1) is 15.2. The minimum absolute atomic E-state index is 0.491. The number of anilines is 1. The van der Waals surface area contributed by atoms with E-state index < -0.39 is 17.1 Å². The Morgan fingerprint density at radius 3 is 2.05 bits per heavy atom. The molecule has 4 nitrogen and oxygen atoms in total. The molecular weight excluding hydrogens is 242 g/mol. The Morgan fingerprint density at radius 1 is 1.11 bits per heavy atom. The van der Waals surface area contributed by atoms with Gasteiger partial charge in [-0.05, 0) is 52.3 Å². The number of carbonyl (C=O) groups is 2. The van der Waals surface area contributed by atoms with Crippen LogP contribution in [0.25, 0.3) is 0 Å². The van der Waals surface area contributed by atoms with Crippen molar-refractivity contribution in [3.05, 3.63) is 29.8 Å². The van der Waals surface area contributed by atoms with Crippen molar-refractivity contribution in [3.63, 3.8) is 0 Å². The Morgan fingerprint density at radius 2 is 1.63 bits per heavy atom. The average Bonchev–Trinajstić information content (AvgIpc) is 2.27. The van der Waals surface area contributed by atoms with Crippen LogP contribution in [0.15, 0.2) is 24.3 Å². The van der Waals surface area contributed by atoms with Gasteiger partial charge in [0.05, 0.1) is 0 Å². The van der Waals surface area contributed by atoms with Crippen molar-refractivity contribution in [2.45, 2.75) is 45.6 Å². The maximum absolute atomic E-state index is 11.6. The van der Waals surface area contributed by atoms with Crippen molar-refractivity contribution in [2.24, 2.45) is 0 Å². The molecule has 0 saturated carbocycles. The van der Waals surface area contributed by atoms with Gasteiger partial charge in [-0.15, -0.1) is 0 Å². The van der Waals surface area contributed by atoms with E-state index in [1.807, 2.05) is 46.8 Å². The van der Waals surface area contributed by atoms with Crippen molar-refractivity contribution >= 4 is 18.1 Å². The van der Waals surface area contributed by atoms with Crippen LogP contribution in [-0.2, 0) is 14.9 Å². The first-order valence-corrected chi connectivity index (χ1v) is 6.21. The molecule has 1 aromatic carbocycles. The minimum atomic E-state index is -0.524. The van der Waals surface area contributed by atoms with Gasteiger partial charge in [-0.25, -0.2) is 4.79 Å². The zero-order chi connectivity index (χ0) is 14.7. The molecule has 4 heteroatoms. The van der Waals surface area contributed by atoms with Crippen LogP contribution < -0.4 is 5.32 Å². The van der Waals surface area contributed by atoms with Crippen LogP contribution in [0.4, 0.5) is 10.5 Å². The highest BCUT2D eigenvalue weighted by molar-refractivity contribution is 5.85. The van der Waals surface area contributed by atoms with E-state index >= 15 is 0 Å². The molecule has 0 aliphatic carbocycles. The average molecular weight is 263 g/mol. The number of ether oxygens (including phenoxy) is 1. The van der Waals surface area contributed by atoms with Gasteiger partial charge in [0, 0.05) is 11.1 Å². The van der Waals surface area contributed by atoms with Gasteiger partial charge in [-0.1, -0.05) is 12.1 Å². The summed E-state index contributed by atoms with van der Waals surface area (Å²) < 4.78 is 5.15. The number of benzene rings is 1. The van der Waals surface area contributed by atoms with Crippen LogP contribution in [-0.4, -0.2) is 18.0 Å². The van der Waals surface area contributed by atoms with Crippen LogP contribution in [0.5, 0.6) is 0 Å². The summed E-state index contributed by atoms with van der Waals surface area (Å²) in [6.07, 6.45) is 0.415. The lowest BCUT2D eigenvalue weighted by atomic mass is 9.86. The summed E-state index contributed by atoms with van der Waals surface area (Å²) in [6.45, 7) is 9.11. The van der Waals surface area contributed by atoms with Crippen molar-refractivity contribution in [3.8, 4) is 0 Å². The maximum Gasteiger partial charge on any atom is 0.412 e. The molecule has 0 aromatic heterocycles. The normalized spacial score (nSPS) is 11.8. The van der Waals surface area contributed by atoms with Crippen LogP contribution in [0, 0.1) is 0 Å². The highest BCUT2D eigenvalue weighted by Crippen LogP contribution is 2.22. The lowest BCUT2D eigenvalue weighted by Crippen LogP contribution is -2.27. The quantitative estimate of drug-likeness (QED) is 0.849. The fourth-order valence-electron chi connectivity index (χ4n) is 1.47. The van der Waals surface area contributed by atoms with Crippen LogP contribution in [0.3, 0.4) is 0 Å². The highest BCUT2D eigenvalue weighted by atomic mass is 16.6. The second kappa shape index (κ2) is 5.43. The minimum Gasteiger partial charge on any atom is -0.444 e. The Labute approximate surface area is 114 Å². The third-order valence-electron chi connectivity index (χ3n) is 2.57. The molecule has 1 amide bonds. The summed E-state index contributed by atoms with van der Waals surface area (Å²) in [5, 5.41) is 2.65. The number of rotatable bonds is 3. The second-order valence-corrected chi connectivity index (χ2v) is 6.04. The molecule has 19 heavy (non-hydrogen) atoms. The third-order valence-corrected chi connectivity index (χ3v) is 2.57. The fourth-order valence-corrected chi connectivity index (χ4v) is 1.47. The van der Waals surface area contributed by atoms with E-state index in [0.29, 0.717) is 5.69 Å². The van der Waals surface area contributed by atoms with Gasteiger partial charge in [0.25, 0.3) is 0 Å². The largest absolute Gasteiger partial charge is 0.444 e. The van der Waals surface area contributed by atoms with Crippen LogP contribution in [0.2, 0.25) is 0 Å². The van der Waals surface area contributed by atoms with Crippen molar-refractivity contribution in [1.29, 1.82) is 0 Å².